The Balaban J connectivity index is 1.54. The number of nitrogens with zero attached hydrogens (tertiary/aromatic N) is 2. The Bertz CT molecular complexity index is 538. The molecule has 6 heteroatoms. The first-order valence-electron chi connectivity index (χ1n) is 7.81. The Kier molecular flexibility index (Phi) is 4.80. The van der Waals surface area contributed by atoms with Gasteiger partial charge in [0.15, 0.2) is 0 Å². The van der Waals surface area contributed by atoms with E-state index in [1.165, 1.54) is 36.8 Å². The number of halogens is 1. The average molecular weight is 312 g/mol. The second kappa shape index (κ2) is 6.79. The molecule has 0 spiro atoms. The van der Waals surface area contributed by atoms with E-state index in [4.69, 9.17) is 16.3 Å². The van der Waals surface area contributed by atoms with E-state index in [0.29, 0.717) is 36.3 Å². The molecule has 0 saturated heterocycles. The molecule has 1 aromatic rings. The Hall–Kier alpha value is -1.07. The van der Waals surface area contributed by atoms with Crippen LogP contribution >= 0.6 is 11.6 Å². The van der Waals surface area contributed by atoms with Crippen molar-refractivity contribution in [2.45, 2.75) is 38.6 Å². The number of ether oxygens (including phenoxy) is 1. The fraction of sp³-hybridized carbons (Fsp3) is 0.733. The predicted molar refractivity (Wildman–Crippen MR) is 82.9 cm³/mol. The van der Waals surface area contributed by atoms with Gasteiger partial charge in [0.1, 0.15) is 5.69 Å². The summed E-state index contributed by atoms with van der Waals surface area (Å²) in [5.74, 6) is 1.35. The maximum absolute atomic E-state index is 12.4. The first-order chi connectivity index (χ1) is 10.2. The van der Waals surface area contributed by atoms with Gasteiger partial charge in [-0.2, -0.15) is 5.10 Å². The highest BCUT2D eigenvalue weighted by Crippen LogP contribution is 2.29. The highest BCUT2D eigenvalue weighted by molar-refractivity contribution is 6.32. The Morgan fingerprint density at radius 1 is 1.33 bits per heavy atom. The zero-order chi connectivity index (χ0) is 14.7. The summed E-state index contributed by atoms with van der Waals surface area (Å²) >= 11 is 6.08. The molecule has 116 valence electrons. The first kappa shape index (κ1) is 14.9. The van der Waals surface area contributed by atoms with Crippen molar-refractivity contribution in [2.24, 2.45) is 11.8 Å². The van der Waals surface area contributed by atoms with E-state index in [9.17, 15) is 4.79 Å². The third kappa shape index (κ3) is 3.98. The van der Waals surface area contributed by atoms with Crippen molar-refractivity contribution in [3.63, 3.8) is 0 Å². The molecule has 21 heavy (non-hydrogen) atoms. The van der Waals surface area contributed by atoms with Gasteiger partial charge >= 0.3 is 0 Å². The zero-order valence-electron chi connectivity index (χ0n) is 12.2. The lowest BCUT2D eigenvalue weighted by atomic mass is 9.85. The Labute approximate surface area is 129 Å². The molecule has 0 radical (unpaired) electrons. The minimum Gasteiger partial charge on any atom is -0.379 e. The van der Waals surface area contributed by atoms with Crippen molar-refractivity contribution in [2.75, 3.05) is 25.1 Å². The molecular weight excluding hydrogens is 290 g/mol. The van der Waals surface area contributed by atoms with Crippen LogP contribution in [-0.2, 0) is 11.3 Å². The van der Waals surface area contributed by atoms with E-state index in [1.807, 2.05) is 0 Å². The van der Waals surface area contributed by atoms with E-state index < -0.39 is 0 Å². The zero-order valence-corrected chi connectivity index (χ0v) is 12.9. The largest absolute Gasteiger partial charge is 0.379 e. The molecule has 0 bridgehead atoms. The van der Waals surface area contributed by atoms with Crippen LogP contribution < -0.4 is 10.9 Å². The molecule has 0 aliphatic heterocycles. The first-order valence-corrected chi connectivity index (χ1v) is 8.19. The number of rotatable bonds is 8. The SMILES string of the molecule is O=c1c(NCCOCC2CC2)c(Cl)cnn1CC1CCC1. The van der Waals surface area contributed by atoms with Crippen LogP contribution in [0.15, 0.2) is 11.0 Å². The van der Waals surface area contributed by atoms with Gasteiger partial charge in [-0.25, -0.2) is 4.68 Å². The molecule has 2 aliphatic rings. The average Bonchev–Trinajstić information content (AvgIpc) is 3.23. The second-order valence-electron chi connectivity index (χ2n) is 6.10. The van der Waals surface area contributed by atoms with Gasteiger partial charge in [0, 0.05) is 19.7 Å². The number of hydrogen-bond donors (Lipinski definition) is 1. The second-order valence-corrected chi connectivity index (χ2v) is 6.50. The smallest absolute Gasteiger partial charge is 0.291 e. The molecule has 2 fully saturated rings. The minimum atomic E-state index is -0.128. The summed E-state index contributed by atoms with van der Waals surface area (Å²) in [5, 5.41) is 7.61. The summed E-state index contributed by atoms with van der Waals surface area (Å²) in [6.07, 6.45) is 7.76. The van der Waals surface area contributed by atoms with Gasteiger partial charge in [0.2, 0.25) is 0 Å². The van der Waals surface area contributed by atoms with Gasteiger partial charge < -0.3 is 10.1 Å². The number of hydrogen-bond acceptors (Lipinski definition) is 4. The molecule has 3 rings (SSSR count). The van der Waals surface area contributed by atoms with Crippen LogP contribution in [0.5, 0.6) is 0 Å². The molecule has 0 amide bonds. The standard InChI is InChI=1S/C15H22ClN3O2/c16-13-8-18-19(9-11-2-1-3-11)15(20)14(13)17-6-7-21-10-12-4-5-12/h8,11-12,17H,1-7,9-10H2. The molecule has 2 aliphatic carbocycles. The lowest BCUT2D eigenvalue weighted by molar-refractivity contribution is 0.134. The number of aromatic nitrogens is 2. The molecule has 2 saturated carbocycles. The summed E-state index contributed by atoms with van der Waals surface area (Å²) in [6, 6.07) is 0. The molecule has 5 nitrogen and oxygen atoms in total. The van der Waals surface area contributed by atoms with Gasteiger partial charge in [0.05, 0.1) is 17.8 Å². The molecule has 0 aromatic carbocycles. The minimum absolute atomic E-state index is 0.128. The molecule has 1 aromatic heterocycles. The van der Waals surface area contributed by atoms with Gasteiger partial charge in [0.25, 0.3) is 5.56 Å². The summed E-state index contributed by atoms with van der Waals surface area (Å²) in [5.41, 5.74) is 0.317. The van der Waals surface area contributed by atoms with Gasteiger partial charge in [-0.15, -0.1) is 0 Å². The van der Waals surface area contributed by atoms with Crippen LogP contribution in [0.3, 0.4) is 0 Å². The quantitative estimate of drug-likeness (QED) is 0.750. The highest BCUT2D eigenvalue weighted by Gasteiger charge is 2.21. The van der Waals surface area contributed by atoms with Crippen molar-refractivity contribution < 1.29 is 4.74 Å². The van der Waals surface area contributed by atoms with Crippen LogP contribution in [-0.4, -0.2) is 29.5 Å². The molecule has 0 atom stereocenters. The number of anilines is 1. The van der Waals surface area contributed by atoms with Crippen LogP contribution in [0, 0.1) is 11.8 Å². The summed E-state index contributed by atoms with van der Waals surface area (Å²) in [4.78, 5) is 12.4. The summed E-state index contributed by atoms with van der Waals surface area (Å²) < 4.78 is 7.08. The number of nitrogens with one attached hydrogen (secondary N) is 1. The van der Waals surface area contributed by atoms with Crippen LogP contribution in [0.2, 0.25) is 5.02 Å². The maximum Gasteiger partial charge on any atom is 0.291 e. The van der Waals surface area contributed by atoms with E-state index >= 15 is 0 Å². The Morgan fingerprint density at radius 3 is 2.81 bits per heavy atom. The predicted octanol–water partition coefficient (Wildman–Crippen LogP) is 2.54. The van der Waals surface area contributed by atoms with Crippen LogP contribution in [0.1, 0.15) is 32.1 Å². The third-order valence-corrected chi connectivity index (χ3v) is 4.54. The van der Waals surface area contributed by atoms with E-state index in [1.54, 1.807) is 6.20 Å². The lowest BCUT2D eigenvalue weighted by Gasteiger charge is -2.25. The van der Waals surface area contributed by atoms with Gasteiger partial charge in [-0.1, -0.05) is 18.0 Å². The van der Waals surface area contributed by atoms with Crippen molar-refractivity contribution in [3.8, 4) is 0 Å². The van der Waals surface area contributed by atoms with E-state index in [0.717, 1.165) is 12.5 Å². The molecular formula is C15H22ClN3O2. The fourth-order valence-corrected chi connectivity index (χ4v) is 2.65. The fourth-order valence-electron chi connectivity index (χ4n) is 2.46. The third-order valence-electron chi connectivity index (χ3n) is 4.25. The van der Waals surface area contributed by atoms with Gasteiger partial charge in [-0.3, -0.25) is 4.79 Å². The van der Waals surface area contributed by atoms with Crippen LogP contribution in [0.4, 0.5) is 5.69 Å². The summed E-state index contributed by atoms with van der Waals surface area (Å²) in [6.45, 7) is 2.72. The highest BCUT2D eigenvalue weighted by atomic mass is 35.5. The van der Waals surface area contributed by atoms with Crippen LogP contribution in [0.25, 0.3) is 0 Å². The topological polar surface area (TPSA) is 56.1 Å². The van der Waals surface area contributed by atoms with Crippen molar-refractivity contribution in [1.82, 2.24) is 9.78 Å². The molecule has 0 unspecified atom stereocenters. The van der Waals surface area contributed by atoms with Gasteiger partial charge in [-0.05, 0) is 37.5 Å². The maximum atomic E-state index is 12.4. The summed E-state index contributed by atoms with van der Waals surface area (Å²) in [7, 11) is 0. The van der Waals surface area contributed by atoms with Crippen molar-refractivity contribution >= 4 is 17.3 Å². The molecule has 1 N–H and O–H groups in total. The van der Waals surface area contributed by atoms with E-state index in [-0.39, 0.29) is 5.56 Å². The molecule has 1 heterocycles. The Morgan fingerprint density at radius 2 is 2.14 bits per heavy atom. The normalized spacial score (nSPS) is 18.5. The van der Waals surface area contributed by atoms with Crippen molar-refractivity contribution in [1.29, 1.82) is 0 Å². The van der Waals surface area contributed by atoms with E-state index in [2.05, 4.69) is 10.4 Å². The lowest BCUT2D eigenvalue weighted by Crippen LogP contribution is -2.31. The van der Waals surface area contributed by atoms with Crippen molar-refractivity contribution in [3.05, 3.63) is 21.6 Å². The monoisotopic (exact) mass is 311 g/mol.